The van der Waals surface area contributed by atoms with E-state index in [1.165, 1.54) is 16.7 Å². The number of para-hydroxylation sites is 2. The second-order valence-electron chi connectivity index (χ2n) is 7.43. The molecule has 3 aromatic rings. The van der Waals surface area contributed by atoms with E-state index in [2.05, 4.69) is 76.6 Å². The highest BCUT2D eigenvalue weighted by molar-refractivity contribution is 5.75. The lowest BCUT2D eigenvalue weighted by Crippen LogP contribution is -2.36. The molecule has 1 aliphatic heterocycles. The van der Waals surface area contributed by atoms with Crippen LogP contribution in [0.4, 0.5) is 28.7 Å². The smallest absolute Gasteiger partial charge is 0.135 e. The number of nitrogens with one attached hydrogen (secondary N) is 2. The summed E-state index contributed by atoms with van der Waals surface area (Å²) in [6, 6.07) is 14.6. The fourth-order valence-electron chi connectivity index (χ4n) is 3.80. The highest BCUT2D eigenvalue weighted by atomic mass is 16.5. The number of hydrogen-bond donors (Lipinski definition) is 2. The van der Waals surface area contributed by atoms with Crippen LogP contribution in [0, 0.1) is 20.8 Å². The van der Waals surface area contributed by atoms with E-state index >= 15 is 0 Å². The van der Waals surface area contributed by atoms with Crippen LogP contribution in [0.1, 0.15) is 16.7 Å². The van der Waals surface area contributed by atoms with Crippen LogP contribution in [0.25, 0.3) is 0 Å². The van der Waals surface area contributed by atoms with Crippen LogP contribution in [0.3, 0.4) is 0 Å². The number of hydrogen-bond acceptors (Lipinski definition) is 6. The Bertz CT molecular complexity index is 975. The van der Waals surface area contributed by atoms with Gasteiger partial charge in [0.1, 0.15) is 18.0 Å². The second kappa shape index (κ2) is 8.49. The lowest BCUT2D eigenvalue weighted by atomic mass is 10.1. The standard InChI is InChI=1S/C23H27N5O/c1-16-12-17(2)23(18(3)13-16)27-22-14-21(24-15-25-22)26-19-6-4-5-7-20(19)28-8-10-29-11-9-28/h4-7,12-15H,8-11H2,1-3H3,(H2,24,25,26,27). The van der Waals surface area contributed by atoms with E-state index < -0.39 is 0 Å². The highest BCUT2D eigenvalue weighted by Gasteiger charge is 2.15. The average molecular weight is 390 g/mol. The number of morpholine rings is 1. The van der Waals surface area contributed by atoms with E-state index in [-0.39, 0.29) is 0 Å². The van der Waals surface area contributed by atoms with Gasteiger partial charge in [0.25, 0.3) is 0 Å². The topological polar surface area (TPSA) is 62.3 Å². The van der Waals surface area contributed by atoms with Crippen LogP contribution >= 0.6 is 0 Å². The molecular weight excluding hydrogens is 362 g/mol. The van der Waals surface area contributed by atoms with E-state index in [0.29, 0.717) is 0 Å². The van der Waals surface area contributed by atoms with Crippen LogP contribution in [-0.2, 0) is 4.74 Å². The molecule has 2 N–H and O–H groups in total. The molecule has 4 rings (SSSR count). The van der Waals surface area contributed by atoms with Crippen molar-refractivity contribution in [2.24, 2.45) is 0 Å². The van der Waals surface area contributed by atoms with Gasteiger partial charge in [-0.05, 0) is 44.0 Å². The zero-order valence-electron chi connectivity index (χ0n) is 17.2. The summed E-state index contributed by atoms with van der Waals surface area (Å²) in [5.41, 5.74) is 6.95. The van der Waals surface area contributed by atoms with Gasteiger partial charge in [-0.25, -0.2) is 9.97 Å². The fourth-order valence-corrected chi connectivity index (χ4v) is 3.80. The molecule has 1 saturated heterocycles. The van der Waals surface area contributed by atoms with E-state index in [1.54, 1.807) is 6.33 Å². The van der Waals surface area contributed by atoms with Crippen molar-refractivity contribution in [1.29, 1.82) is 0 Å². The van der Waals surface area contributed by atoms with Crippen molar-refractivity contribution in [2.45, 2.75) is 20.8 Å². The molecule has 0 spiro atoms. The monoisotopic (exact) mass is 389 g/mol. The third-order valence-electron chi connectivity index (χ3n) is 5.12. The minimum atomic E-state index is 0.755. The largest absolute Gasteiger partial charge is 0.378 e. The van der Waals surface area contributed by atoms with Crippen LogP contribution in [-0.4, -0.2) is 36.3 Å². The Morgan fingerprint density at radius 1 is 0.862 bits per heavy atom. The first-order valence-corrected chi connectivity index (χ1v) is 9.96. The van der Waals surface area contributed by atoms with Crippen molar-refractivity contribution in [3.63, 3.8) is 0 Å². The maximum atomic E-state index is 5.49. The Kier molecular flexibility index (Phi) is 5.62. The number of ether oxygens (including phenoxy) is 1. The Morgan fingerprint density at radius 3 is 2.24 bits per heavy atom. The molecular formula is C23H27N5O. The van der Waals surface area contributed by atoms with Gasteiger partial charge >= 0.3 is 0 Å². The SMILES string of the molecule is Cc1cc(C)c(Nc2cc(Nc3ccccc3N3CCOCC3)ncn2)c(C)c1. The average Bonchev–Trinajstić information content (AvgIpc) is 2.72. The van der Waals surface area contributed by atoms with Crippen molar-refractivity contribution >= 4 is 28.7 Å². The van der Waals surface area contributed by atoms with E-state index in [0.717, 1.165) is 55.0 Å². The molecule has 2 aromatic carbocycles. The molecule has 0 aliphatic carbocycles. The van der Waals surface area contributed by atoms with Crippen LogP contribution in [0.5, 0.6) is 0 Å². The van der Waals surface area contributed by atoms with Gasteiger partial charge in [-0.2, -0.15) is 0 Å². The molecule has 0 bridgehead atoms. The summed E-state index contributed by atoms with van der Waals surface area (Å²) in [6.45, 7) is 9.63. The molecule has 0 saturated carbocycles. The van der Waals surface area contributed by atoms with Gasteiger partial charge in [0.05, 0.1) is 24.6 Å². The van der Waals surface area contributed by atoms with Gasteiger partial charge in [0.2, 0.25) is 0 Å². The minimum absolute atomic E-state index is 0.755. The number of aromatic nitrogens is 2. The molecule has 0 radical (unpaired) electrons. The van der Waals surface area contributed by atoms with E-state index in [4.69, 9.17) is 4.74 Å². The van der Waals surface area contributed by atoms with Crippen molar-refractivity contribution in [2.75, 3.05) is 41.8 Å². The van der Waals surface area contributed by atoms with Crippen LogP contribution in [0.15, 0.2) is 48.8 Å². The Morgan fingerprint density at radius 2 is 1.52 bits per heavy atom. The molecule has 0 amide bonds. The van der Waals surface area contributed by atoms with Crippen molar-refractivity contribution < 1.29 is 4.74 Å². The highest BCUT2D eigenvalue weighted by Crippen LogP contribution is 2.30. The van der Waals surface area contributed by atoms with Crippen LogP contribution < -0.4 is 15.5 Å². The van der Waals surface area contributed by atoms with Crippen LogP contribution in [0.2, 0.25) is 0 Å². The quantitative estimate of drug-likeness (QED) is 0.658. The van der Waals surface area contributed by atoms with Crippen molar-refractivity contribution in [3.8, 4) is 0 Å². The predicted octanol–water partition coefficient (Wildman–Crippen LogP) is 4.73. The van der Waals surface area contributed by atoms with Gasteiger partial charge < -0.3 is 20.3 Å². The number of aryl methyl sites for hydroxylation is 3. The lowest BCUT2D eigenvalue weighted by molar-refractivity contribution is 0.123. The molecule has 6 nitrogen and oxygen atoms in total. The third-order valence-corrected chi connectivity index (χ3v) is 5.12. The maximum Gasteiger partial charge on any atom is 0.135 e. The lowest BCUT2D eigenvalue weighted by Gasteiger charge is -2.30. The Balaban J connectivity index is 1.56. The fraction of sp³-hybridized carbons (Fsp3) is 0.304. The van der Waals surface area contributed by atoms with Gasteiger partial charge in [-0.1, -0.05) is 29.8 Å². The first kappa shape index (κ1) is 19.2. The number of rotatable bonds is 5. The summed E-state index contributed by atoms with van der Waals surface area (Å²) >= 11 is 0. The number of benzene rings is 2. The summed E-state index contributed by atoms with van der Waals surface area (Å²) < 4.78 is 5.49. The molecule has 6 heteroatoms. The third kappa shape index (κ3) is 4.49. The predicted molar refractivity (Wildman–Crippen MR) is 119 cm³/mol. The molecule has 1 fully saturated rings. The van der Waals surface area contributed by atoms with E-state index in [1.807, 2.05) is 12.1 Å². The summed E-state index contributed by atoms with van der Waals surface area (Å²) in [7, 11) is 0. The summed E-state index contributed by atoms with van der Waals surface area (Å²) in [6.07, 6.45) is 1.58. The molecule has 2 heterocycles. The van der Waals surface area contributed by atoms with Gasteiger partial charge in [0.15, 0.2) is 0 Å². The Labute approximate surface area is 172 Å². The maximum absolute atomic E-state index is 5.49. The van der Waals surface area contributed by atoms with Gasteiger partial charge in [0, 0.05) is 24.8 Å². The minimum Gasteiger partial charge on any atom is -0.378 e. The first-order valence-electron chi connectivity index (χ1n) is 9.96. The second-order valence-corrected chi connectivity index (χ2v) is 7.43. The molecule has 0 atom stereocenters. The van der Waals surface area contributed by atoms with Gasteiger partial charge in [-0.3, -0.25) is 0 Å². The molecule has 29 heavy (non-hydrogen) atoms. The van der Waals surface area contributed by atoms with E-state index in [9.17, 15) is 0 Å². The molecule has 150 valence electrons. The number of anilines is 5. The van der Waals surface area contributed by atoms with Gasteiger partial charge in [-0.15, -0.1) is 0 Å². The van der Waals surface area contributed by atoms with Crippen molar-refractivity contribution in [1.82, 2.24) is 9.97 Å². The summed E-state index contributed by atoms with van der Waals surface area (Å²) in [4.78, 5) is 11.2. The molecule has 0 unspecified atom stereocenters. The normalized spacial score (nSPS) is 14.0. The molecule has 1 aromatic heterocycles. The zero-order chi connectivity index (χ0) is 20.2. The first-order chi connectivity index (χ1) is 14.1. The Hall–Kier alpha value is -3.12. The summed E-state index contributed by atoms with van der Waals surface area (Å²) in [5, 5.41) is 6.91. The zero-order valence-corrected chi connectivity index (χ0v) is 17.2. The number of nitrogens with zero attached hydrogens (tertiary/aromatic N) is 3. The molecule has 1 aliphatic rings. The summed E-state index contributed by atoms with van der Waals surface area (Å²) in [5.74, 6) is 1.52. The van der Waals surface area contributed by atoms with Crippen molar-refractivity contribution in [3.05, 3.63) is 65.5 Å².